The summed E-state index contributed by atoms with van der Waals surface area (Å²) < 4.78 is 1.55. The molecule has 0 aliphatic carbocycles. The molecule has 0 saturated heterocycles. The number of halogens is 6. The molecular formula is C12H5Cl6N3O. The lowest BCUT2D eigenvalue weighted by Gasteiger charge is -2.21. The summed E-state index contributed by atoms with van der Waals surface area (Å²) in [6.45, 7) is 0.575. The maximum Gasteiger partial charge on any atom is 0.250 e. The van der Waals surface area contributed by atoms with Gasteiger partial charge in [0.1, 0.15) is 12.4 Å². The van der Waals surface area contributed by atoms with Gasteiger partial charge in [-0.1, -0.05) is 81.7 Å². The first kappa shape index (κ1) is 16.6. The number of fused-ring (bicyclic) bond motifs is 1. The topological polar surface area (TPSA) is 47.9 Å². The van der Waals surface area contributed by atoms with E-state index in [1.54, 1.807) is 12.1 Å². The first-order chi connectivity index (χ1) is 10.1. The van der Waals surface area contributed by atoms with Gasteiger partial charge in [-0.3, -0.25) is 0 Å². The minimum absolute atomic E-state index is 0.132. The summed E-state index contributed by atoms with van der Waals surface area (Å²) in [6.07, 6.45) is 0. The van der Waals surface area contributed by atoms with E-state index in [1.165, 1.54) is 0 Å². The van der Waals surface area contributed by atoms with Crippen LogP contribution in [0.3, 0.4) is 0 Å². The van der Waals surface area contributed by atoms with Crippen LogP contribution in [0, 0.1) is 0 Å². The van der Waals surface area contributed by atoms with Crippen LogP contribution in [0.2, 0.25) is 0 Å². The Kier molecular flexibility index (Phi) is 4.30. The van der Waals surface area contributed by atoms with Gasteiger partial charge in [0.2, 0.25) is 7.59 Å². The Hall–Kier alpha value is -0.230. The van der Waals surface area contributed by atoms with Crippen LogP contribution in [0.1, 0.15) is 17.2 Å². The molecule has 1 aromatic carbocycles. The van der Waals surface area contributed by atoms with Gasteiger partial charge in [-0.05, 0) is 6.07 Å². The molecule has 22 heavy (non-hydrogen) atoms. The maximum absolute atomic E-state index is 5.83. The smallest absolute Gasteiger partial charge is 0.250 e. The Morgan fingerprint density at radius 2 is 1.45 bits per heavy atom. The summed E-state index contributed by atoms with van der Waals surface area (Å²) in [7, 11) is 0. The zero-order valence-corrected chi connectivity index (χ0v) is 15.0. The lowest BCUT2D eigenvalue weighted by atomic mass is 10.1. The summed E-state index contributed by atoms with van der Waals surface area (Å²) >= 11 is 35.0. The van der Waals surface area contributed by atoms with Crippen molar-refractivity contribution in [2.24, 2.45) is 0 Å². The van der Waals surface area contributed by atoms with Gasteiger partial charge in [0.05, 0.1) is 0 Å². The fraction of sp³-hybridized carbons (Fsp3) is 0.250. The second kappa shape index (κ2) is 5.69. The predicted octanol–water partition coefficient (Wildman–Crippen LogP) is 5.08. The third kappa shape index (κ3) is 3.32. The van der Waals surface area contributed by atoms with Crippen LogP contribution in [0.4, 0.5) is 0 Å². The van der Waals surface area contributed by atoms with Gasteiger partial charge in [0, 0.05) is 11.1 Å². The van der Waals surface area contributed by atoms with Crippen molar-refractivity contribution >= 4 is 69.6 Å². The van der Waals surface area contributed by atoms with Crippen molar-refractivity contribution in [3.63, 3.8) is 0 Å². The monoisotopic (exact) mass is 417 g/mol. The van der Waals surface area contributed by atoms with Crippen molar-refractivity contribution in [2.75, 3.05) is 0 Å². The molecule has 0 radical (unpaired) electrons. The zero-order valence-electron chi connectivity index (χ0n) is 10.5. The van der Waals surface area contributed by atoms with Gasteiger partial charge in [-0.15, -0.1) is 0 Å². The Morgan fingerprint density at radius 1 is 0.864 bits per heavy atom. The molecule has 0 spiro atoms. The minimum Gasteiger partial charge on any atom is -0.488 e. The second-order valence-corrected chi connectivity index (χ2v) is 8.98. The van der Waals surface area contributed by atoms with Crippen LogP contribution in [0.15, 0.2) is 18.2 Å². The third-order valence-corrected chi connectivity index (χ3v) is 3.87. The van der Waals surface area contributed by atoms with E-state index >= 15 is 0 Å². The standard InChI is InChI=1S/C12H5Cl6N3O/c13-11(14,15)9-19-8(20-10(21-9)12(16,17)18)5-1-2-6-4-22-7(6)3-5/h1-3H,4H2. The zero-order chi connectivity index (χ0) is 16.1. The van der Waals surface area contributed by atoms with Gasteiger partial charge >= 0.3 is 0 Å². The summed E-state index contributed by atoms with van der Waals surface area (Å²) in [4.78, 5) is 12.2. The van der Waals surface area contributed by atoms with Crippen molar-refractivity contribution in [1.29, 1.82) is 0 Å². The van der Waals surface area contributed by atoms with Gasteiger partial charge in [-0.25, -0.2) is 15.0 Å². The summed E-state index contributed by atoms with van der Waals surface area (Å²) in [5.74, 6) is 0.694. The second-order valence-electron chi connectivity index (χ2n) is 4.41. The SMILES string of the molecule is ClC(Cl)(Cl)c1nc(-c2ccc3c(c2)OC3)nc(C(Cl)(Cl)Cl)n1. The van der Waals surface area contributed by atoms with Crippen molar-refractivity contribution in [2.45, 2.75) is 14.2 Å². The number of ether oxygens (including phenoxy) is 1. The van der Waals surface area contributed by atoms with Crippen molar-refractivity contribution in [3.05, 3.63) is 35.4 Å². The van der Waals surface area contributed by atoms with E-state index < -0.39 is 7.59 Å². The molecule has 2 heterocycles. The summed E-state index contributed by atoms with van der Waals surface area (Å²) in [5.41, 5.74) is 1.72. The molecule has 1 aliphatic rings. The van der Waals surface area contributed by atoms with Gasteiger partial charge < -0.3 is 4.74 Å². The average molecular weight is 420 g/mol. The van der Waals surface area contributed by atoms with Crippen LogP contribution in [0.5, 0.6) is 5.75 Å². The van der Waals surface area contributed by atoms with Gasteiger partial charge in [0.25, 0.3) is 0 Å². The predicted molar refractivity (Wildman–Crippen MR) is 88.1 cm³/mol. The molecule has 0 unspecified atom stereocenters. The Labute approximate surface area is 155 Å². The molecule has 116 valence electrons. The maximum atomic E-state index is 5.83. The fourth-order valence-corrected chi connectivity index (χ4v) is 2.29. The van der Waals surface area contributed by atoms with E-state index in [0.29, 0.717) is 12.2 Å². The van der Waals surface area contributed by atoms with Crippen molar-refractivity contribution in [3.8, 4) is 17.1 Å². The number of aromatic nitrogens is 3. The van der Waals surface area contributed by atoms with E-state index in [4.69, 9.17) is 74.3 Å². The highest BCUT2D eigenvalue weighted by atomic mass is 35.6. The molecular weight excluding hydrogens is 415 g/mol. The highest BCUT2D eigenvalue weighted by molar-refractivity contribution is 6.67. The quantitative estimate of drug-likeness (QED) is 0.604. The number of rotatable bonds is 1. The van der Waals surface area contributed by atoms with E-state index in [9.17, 15) is 0 Å². The average Bonchev–Trinajstić information content (AvgIpc) is 2.38. The lowest BCUT2D eigenvalue weighted by molar-refractivity contribution is 0.243. The molecule has 0 amide bonds. The minimum atomic E-state index is -1.88. The number of hydrogen-bond donors (Lipinski definition) is 0. The first-order valence-electron chi connectivity index (χ1n) is 5.81. The third-order valence-electron chi connectivity index (χ3n) is 2.85. The molecule has 0 saturated carbocycles. The molecule has 0 fully saturated rings. The van der Waals surface area contributed by atoms with Gasteiger partial charge in [0.15, 0.2) is 17.5 Å². The normalized spacial score (nSPS) is 14.1. The number of benzene rings is 1. The van der Waals surface area contributed by atoms with Crippen LogP contribution in [-0.2, 0) is 14.2 Å². The highest BCUT2D eigenvalue weighted by Gasteiger charge is 2.34. The van der Waals surface area contributed by atoms with Gasteiger partial charge in [-0.2, -0.15) is 0 Å². The Bertz CT molecular complexity index is 708. The number of alkyl halides is 6. The lowest BCUT2D eigenvalue weighted by Crippen LogP contribution is -2.17. The van der Waals surface area contributed by atoms with E-state index in [0.717, 1.165) is 11.3 Å². The van der Waals surface area contributed by atoms with Crippen LogP contribution < -0.4 is 4.74 Å². The van der Waals surface area contributed by atoms with Crippen LogP contribution in [0.25, 0.3) is 11.4 Å². The largest absolute Gasteiger partial charge is 0.488 e. The fourth-order valence-electron chi connectivity index (χ4n) is 1.78. The number of hydrogen-bond acceptors (Lipinski definition) is 4. The molecule has 0 N–H and O–H groups in total. The molecule has 1 aliphatic heterocycles. The molecule has 1 aromatic heterocycles. The Morgan fingerprint density at radius 3 is 1.86 bits per heavy atom. The Balaban J connectivity index is 2.15. The van der Waals surface area contributed by atoms with E-state index in [-0.39, 0.29) is 17.5 Å². The van der Waals surface area contributed by atoms with Crippen molar-refractivity contribution < 1.29 is 4.74 Å². The van der Waals surface area contributed by atoms with Crippen molar-refractivity contribution in [1.82, 2.24) is 15.0 Å². The molecule has 2 aromatic rings. The van der Waals surface area contributed by atoms with Crippen LogP contribution >= 0.6 is 69.6 Å². The molecule has 3 rings (SSSR count). The molecule has 0 atom stereocenters. The number of nitrogens with zero attached hydrogens (tertiary/aromatic N) is 3. The summed E-state index contributed by atoms with van der Waals surface area (Å²) in [6, 6.07) is 5.46. The summed E-state index contributed by atoms with van der Waals surface area (Å²) in [5, 5.41) is 0. The highest BCUT2D eigenvalue weighted by Crippen LogP contribution is 2.41. The molecule has 10 heteroatoms. The molecule has 4 nitrogen and oxygen atoms in total. The van der Waals surface area contributed by atoms with E-state index in [2.05, 4.69) is 15.0 Å². The van der Waals surface area contributed by atoms with Crippen LogP contribution in [-0.4, -0.2) is 15.0 Å². The molecule has 0 bridgehead atoms. The first-order valence-corrected chi connectivity index (χ1v) is 8.08. The van der Waals surface area contributed by atoms with E-state index in [1.807, 2.05) is 6.07 Å².